The van der Waals surface area contributed by atoms with Crippen LogP contribution in [0.3, 0.4) is 0 Å². The molecule has 0 radical (unpaired) electrons. The summed E-state index contributed by atoms with van der Waals surface area (Å²) in [6, 6.07) is 11.1. The first-order valence-electron chi connectivity index (χ1n) is 6.71. The summed E-state index contributed by atoms with van der Waals surface area (Å²) in [5, 5.41) is 20.0. The lowest BCUT2D eigenvalue weighted by Crippen LogP contribution is -2.11. The van der Waals surface area contributed by atoms with Crippen LogP contribution in [-0.2, 0) is 6.54 Å². The maximum Gasteiger partial charge on any atom is 0.284 e. The maximum atomic E-state index is 13.8. The molecule has 0 aromatic heterocycles. The fourth-order valence-corrected chi connectivity index (χ4v) is 3.09. The summed E-state index contributed by atoms with van der Waals surface area (Å²) >= 11 is 1.13. The second-order valence-electron chi connectivity index (χ2n) is 5.12. The number of hydrogen-bond acceptors (Lipinski definition) is 5. The van der Waals surface area contributed by atoms with E-state index < -0.39 is 10.7 Å². The van der Waals surface area contributed by atoms with E-state index in [4.69, 9.17) is 5.26 Å². The van der Waals surface area contributed by atoms with E-state index in [0.29, 0.717) is 6.54 Å². The van der Waals surface area contributed by atoms with Crippen molar-refractivity contribution < 1.29 is 9.31 Å². The van der Waals surface area contributed by atoms with Crippen molar-refractivity contribution in [1.82, 2.24) is 4.90 Å². The van der Waals surface area contributed by atoms with Crippen molar-refractivity contribution in [1.29, 1.82) is 5.26 Å². The molecule has 0 N–H and O–H groups in total. The monoisotopic (exact) mass is 331 g/mol. The first-order valence-corrected chi connectivity index (χ1v) is 7.52. The molecule has 0 bridgehead atoms. The summed E-state index contributed by atoms with van der Waals surface area (Å²) < 4.78 is 13.8. The molecule has 0 aliphatic heterocycles. The van der Waals surface area contributed by atoms with Gasteiger partial charge in [0.1, 0.15) is 11.9 Å². The SMILES string of the molecule is CN(C)Cc1ccccc1Sc1cc(F)c(C#N)cc1[N+](=O)[O-]. The van der Waals surface area contributed by atoms with E-state index in [9.17, 15) is 14.5 Å². The Hall–Kier alpha value is -2.43. The standard InChI is InChI=1S/C16H14FN3O2S/c1-19(2)10-11-5-3-4-6-15(11)23-16-8-13(17)12(9-18)7-14(16)20(21)22/h3-8H,10H2,1-2H3. The maximum absolute atomic E-state index is 13.8. The molecule has 2 aromatic carbocycles. The molecule has 23 heavy (non-hydrogen) atoms. The van der Waals surface area contributed by atoms with Gasteiger partial charge in [-0.25, -0.2) is 4.39 Å². The van der Waals surface area contributed by atoms with Gasteiger partial charge < -0.3 is 4.90 Å². The van der Waals surface area contributed by atoms with Crippen molar-refractivity contribution in [3.8, 4) is 6.07 Å². The van der Waals surface area contributed by atoms with Gasteiger partial charge in [0.15, 0.2) is 0 Å². The van der Waals surface area contributed by atoms with E-state index in [1.165, 1.54) is 0 Å². The summed E-state index contributed by atoms with van der Waals surface area (Å²) in [7, 11) is 3.84. The number of rotatable bonds is 5. The molecule has 0 unspecified atom stereocenters. The summed E-state index contributed by atoms with van der Waals surface area (Å²) in [6.45, 7) is 0.662. The second kappa shape index (κ2) is 7.22. The van der Waals surface area contributed by atoms with E-state index >= 15 is 0 Å². The number of nitrogens with zero attached hydrogens (tertiary/aromatic N) is 3. The molecule has 0 spiro atoms. The molecule has 2 rings (SSSR count). The second-order valence-corrected chi connectivity index (χ2v) is 6.20. The van der Waals surface area contributed by atoms with Crippen molar-refractivity contribution in [3.05, 3.63) is 63.5 Å². The Morgan fingerprint density at radius 3 is 2.61 bits per heavy atom. The average Bonchev–Trinajstić information content (AvgIpc) is 2.48. The summed E-state index contributed by atoms with van der Waals surface area (Å²) in [6.07, 6.45) is 0. The molecule has 0 atom stereocenters. The third-order valence-electron chi connectivity index (χ3n) is 3.04. The van der Waals surface area contributed by atoms with Gasteiger partial charge >= 0.3 is 0 Å². The van der Waals surface area contributed by atoms with E-state index in [2.05, 4.69) is 0 Å². The van der Waals surface area contributed by atoms with Gasteiger partial charge in [-0.3, -0.25) is 10.1 Å². The van der Waals surface area contributed by atoms with Crippen LogP contribution >= 0.6 is 11.8 Å². The third-order valence-corrected chi connectivity index (χ3v) is 4.21. The predicted octanol–water partition coefficient (Wildman–Crippen LogP) is 3.82. The number of nitriles is 1. The molecule has 0 amide bonds. The Morgan fingerprint density at radius 2 is 2.00 bits per heavy atom. The highest BCUT2D eigenvalue weighted by Crippen LogP contribution is 2.38. The molecule has 0 heterocycles. The zero-order chi connectivity index (χ0) is 17.0. The molecule has 7 heteroatoms. The Kier molecular flexibility index (Phi) is 5.32. The molecule has 2 aromatic rings. The Labute approximate surface area is 137 Å². The van der Waals surface area contributed by atoms with Gasteiger partial charge in [-0.05, 0) is 31.8 Å². The van der Waals surface area contributed by atoms with Gasteiger partial charge in [0.2, 0.25) is 0 Å². The largest absolute Gasteiger partial charge is 0.305 e. The Balaban J connectivity index is 2.47. The van der Waals surface area contributed by atoms with E-state index in [1.54, 1.807) is 6.07 Å². The van der Waals surface area contributed by atoms with Crippen LogP contribution in [0, 0.1) is 27.3 Å². The van der Waals surface area contributed by atoms with Crippen molar-refractivity contribution in [2.45, 2.75) is 16.3 Å². The van der Waals surface area contributed by atoms with Gasteiger partial charge in [0.25, 0.3) is 5.69 Å². The van der Waals surface area contributed by atoms with Crippen LogP contribution in [0.15, 0.2) is 46.2 Å². The average molecular weight is 331 g/mol. The Bertz CT molecular complexity index is 787. The van der Waals surface area contributed by atoms with Gasteiger partial charge in [-0.15, -0.1) is 0 Å². The predicted molar refractivity (Wildman–Crippen MR) is 85.7 cm³/mol. The molecule has 0 aliphatic carbocycles. The van der Waals surface area contributed by atoms with Crippen LogP contribution in [0.2, 0.25) is 0 Å². The van der Waals surface area contributed by atoms with Crippen LogP contribution in [0.5, 0.6) is 0 Å². The van der Waals surface area contributed by atoms with Gasteiger partial charge in [-0.2, -0.15) is 5.26 Å². The number of benzene rings is 2. The quantitative estimate of drug-likeness (QED) is 0.615. The molecule has 5 nitrogen and oxygen atoms in total. The topological polar surface area (TPSA) is 70.2 Å². The van der Waals surface area contributed by atoms with Crippen LogP contribution in [-0.4, -0.2) is 23.9 Å². The van der Waals surface area contributed by atoms with Gasteiger partial charge in [-0.1, -0.05) is 30.0 Å². The molecule has 0 saturated heterocycles. The summed E-state index contributed by atoms with van der Waals surface area (Å²) in [5.74, 6) is -0.759. The van der Waals surface area contributed by atoms with Crippen molar-refractivity contribution in [2.24, 2.45) is 0 Å². The van der Waals surface area contributed by atoms with Gasteiger partial charge in [0.05, 0.1) is 15.4 Å². The van der Waals surface area contributed by atoms with Crippen molar-refractivity contribution in [3.63, 3.8) is 0 Å². The van der Waals surface area contributed by atoms with Gasteiger partial charge in [0, 0.05) is 17.5 Å². The molecule has 0 saturated carbocycles. The summed E-state index contributed by atoms with van der Waals surface area (Å²) in [5.41, 5.74) is 0.386. The first-order chi connectivity index (χ1) is 10.9. The highest BCUT2D eigenvalue weighted by atomic mass is 32.2. The van der Waals surface area contributed by atoms with E-state index in [1.807, 2.05) is 43.3 Å². The van der Waals surface area contributed by atoms with E-state index in [0.717, 1.165) is 34.4 Å². The molecular formula is C16H14FN3O2S. The normalized spacial score (nSPS) is 10.6. The lowest BCUT2D eigenvalue weighted by atomic mass is 10.2. The lowest BCUT2D eigenvalue weighted by molar-refractivity contribution is -0.387. The zero-order valence-corrected chi connectivity index (χ0v) is 13.4. The lowest BCUT2D eigenvalue weighted by Gasteiger charge is -2.14. The number of hydrogen-bond donors (Lipinski definition) is 0. The van der Waals surface area contributed by atoms with Crippen LogP contribution in [0.1, 0.15) is 11.1 Å². The van der Waals surface area contributed by atoms with Crippen LogP contribution in [0.25, 0.3) is 0 Å². The number of nitro groups is 1. The number of halogens is 1. The van der Waals surface area contributed by atoms with Crippen LogP contribution < -0.4 is 0 Å². The summed E-state index contributed by atoms with van der Waals surface area (Å²) in [4.78, 5) is 13.6. The third kappa shape index (κ3) is 4.06. The molecule has 0 fully saturated rings. The molecular weight excluding hydrogens is 317 g/mol. The Morgan fingerprint density at radius 1 is 1.30 bits per heavy atom. The van der Waals surface area contributed by atoms with E-state index in [-0.39, 0.29) is 16.1 Å². The fraction of sp³-hybridized carbons (Fsp3) is 0.188. The highest BCUT2D eigenvalue weighted by Gasteiger charge is 2.20. The fourth-order valence-electron chi connectivity index (χ4n) is 2.05. The first kappa shape index (κ1) is 16.9. The minimum atomic E-state index is -0.759. The van der Waals surface area contributed by atoms with Crippen LogP contribution in [0.4, 0.5) is 10.1 Å². The van der Waals surface area contributed by atoms with Crippen molar-refractivity contribution >= 4 is 17.4 Å². The highest BCUT2D eigenvalue weighted by molar-refractivity contribution is 7.99. The molecule has 0 aliphatic rings. The number of nitro benzene ring substituents is 1. The van der Waals surface area contributed by atoms with Crippen molar-refractivity contribution in [2.75, 3.05) is 14.1 Å². The minimum absolute atomic E-state index is 0.178. The minimum Gasteiger partial charge on any atom is -0.305 e. The smallest absolute Gasteiger partial charge is 0.284 e. The zero-order valence-electron chi connectivity index (χ0n) is 12.6. The molecule has 118 valence electrons.